The van der Waals surface area contributed by atoms with Gasteiger partial charge in [0.2, 0.25) is 5.91 Å². The van der Waals surface area contributed by atoms with Crippen molar-refractivity contribution in [1.29, 1.82) is 0 Å². The molecule has 2 aromatic heterocycles. The summed E-state index contributed by atoms with van der Waals surface area (Å²) < 4.78 is 29.0. The van der Waals surface area contributed by atoms with Gasteiger partial charge in [-0.25, -0.2) is 8.78 Å². The van der Waals surface area contributed by atoms with Gasteiger partial charge in [0.25, 0.3) is 5.91 Å². The summed E-state index contributed by atoms with van der Waals surface area (Å²) in [6.45, 7) is 2.33. The predicted octanol–water partition coefficient (Wildman–Crippen LogP) is 4.89. The van der Waals surface area contributed by atoms with Crippen molar-refractivity contribution in [3.05, 3.63) is 82.4 Å². The molecule has 6 nitrogen and oxygen atoms in total. The van der Waals surface area contributed by atoms with Crippen molar-refractivity contribution < 1.29 is 18.4 Å². The molecule has 174 valence electrons. The predicted molar refractivity (Wildman–Crippen MR) is 130 cm³/mol. The highest BCUT2D eigenvalue weighted by Gasteiger charge is 2.36. The van der Waals surface area contributed by atoms with Gasteiger partial charge in [-0.05, 0) is 42.8 Å². The van der Waals surface area contributed by atoms with Crippen LogP contribution in [0.5, 0.6) is 0 Å². The van der Waals surface area contributed by atoms with Crippen LogP contribution in [0.1, 0.15) is 20.9 Å². The van der Waals surface area contributed by atoms with Crippen LogP contribution in [0.2, 0.25) is 0 Å². The molecule has 0 aliphatic carbocycles. The zero-order valence-electron chi connectivity index (χ0n) is 18.1. The topological polar surface area (TPSA) is 67.2 Å². The number of aryl methyl sites for hydroxylation is 1. The number of benzene rings is 2. The summed E-state index contributed by atoms with van der Waals surface area (Å²) in [6.07, 6.45) is 0. The van der Waals surface area contributed by atoms with Gasteiger partial charge in [0.1, 0.15) is 22.5 Å². The van der Waals surface area contributed by atoms with Crippen LogP contribution in [0.15, 0.2) is 54.6 Å². The third-order valence-electron chi connectivity index (χ3n) is 5.64. The Morgan fingerprint density at radius 3 is 2.68 bits per heavy atom. The number of fused-ring (bicyclic) bond motifs is 1. The van der Waals surface area contributed by atoms with Gasteiger partial charge in [0.15, 0.2) is 0 Å². The maximum absolute atomic E-state index is 14.0. The molecule has 1 aliphatic heterocycles. The van der Waals surface area contributed by atoms with E-state index in [9.17, 15) is 18.4 Å². The van der Waals surface area contributed by atoms with Crippen LogP contribution in [-0.2, 0) is 11.3 Å². The smallest absolute Gasteiger partial charge is 0.265 e. The van der Waals surface area contributed by atoms with Crippen LogP contribution in [0.25, 0.3) is 10.2 Å². The first-order valence-corrected chi connectivity index (χ1v) is 12.5. The molecule has 4 aromatic rings. The van der Waals surface area contributed by atoms with Gasteiger partial charge in [-0.2, -0.15) is 5.10 Å². The average Bonchev–Trinajstić information content (AvgIpc) is 3.54. The molecule has 1 saturated heterocycles. The van der Waals surface area contributed by atoms with Crippen molar-refractivity contribution in [2.75, 3.05) is 16.9 Å². The number of halogens is 2. The van der Waals surface area contributed by atoms with Gasteiger partial charge >= 0.3 is 0 Å². The van der Waals surface area contributed by atoms with Crippen molar-refractivity contribution in [2.45, 2.75) is 19.5 Å². The van der Waals surface area contributed by atoms with Crippen molar-refractivity contribution in [3.8, 4) is 0 Å². The summed E-state index contributed by atoms with van der Waals surface area (Å²) in [7, 11) is 0. The number of carbonyl (C=O) groups is 2. The summed E-state index contributed by atoms with van der Waals surface area (Å²) in [4.78, 5) is 29.1. The number of amides is 2. The third kappa shape index (κ3) is 4.30. The Hall–Kier alpha value is -3.24. The van der Waals surface area contributed by atoms with E-state index < -0.39 is 17.8 Å². The second-order valence-corrected chi connectivity index (χ2v) is 9.99. The minimum absolute atomic E-state index is 0.0928. The van der Waals surface area contributed by atoms with Gasteiger partial charge in [-0.15, -0.1) is 23.1 Å². The van der Waals surface area contributed by atoms with Crippen molar-refractivity contribution in [2.24, 2.45) is 0 Å². The number of para-hydroxylation sites is 1. The molecule has 0 bridgehead atoms. The summed E-state index contributed by atoms with van der Waals surface area (Å²) in [5.41, 5.74) is 1.78. The highest BCUT2D eigenvalue weighted by atomic mass is 32.2. The highest BCUT2D eigenvalue weighted by Crippen LogP contribution is 2.32. The van der Waals surface area contributed by atoms with E-state index in [1.54, 1.807) is 35.0 Å². The van der Waals surface area contributed by atoms with Crippen LogP contribution in [0.4, 0.5) is 14.5 Å². The Balaban J connectivity index is 1.37. The molecule has 1 aliphatic rings. The van der Waals surface area contributed by atoms with E-state index in [0.29, 0.717) is 23.1 Å². The first-order valence-electron chi connectivity index (χ1n) is 10.6. The van der Waals surface area contributed by atoms with Crippen LogP contribution < -0.4 is 5.32 Å². The quantitative estimate of drug-likeness (QED) is 0.426. The first-order chi connectivity index (χ1) is 16.4. The zero-order valence-corrected chi connectivity index (χ0v) is 19.8. The fourth-order valence-electron chi connectivity index (χ4n) is 3.87. The van der Waals surface area contributed by atoms with Crippen LogP contribution in [0, 0.1) is 18.6 Å². The average molecular weight is 499 g/mol. The number of aromatic nitrogens is 2. The van der Waals surface area contributed by atoms with E-state index in [1.807, 2.05) is 6.92 Å². The first kappa shape index (κ1) is 22.5. The molecule has 3 heterocycles. The molecule has 1 fully saturated rings. The van der Waals surface area contributed by atoms with Gasteiger partial charge in [0.05, 0.1) is 28.7 Å². The lowest BCUT2D eigenvalue weighted by Crippen LogP contribution is -2.44. The molecule has 2 aromatic carbocycles. The normalized spacial score (nSPS) is 15.7. The molecular formula is C24H20F2N4O2S2. The molecule has 5 rings (SSSR count). The fraction of sp³-hybridized carbons (Fsp3) is 0.208. The van der Waals surface area contributed by atoms with Gasteiger partial charge in [-0.3, -0.25) is 14.3 Å². The minimum atomic E-state index is -0.695. The van der Waals surface area contributed by atoms with Crippen LogP contribution in [0.3, 0.4) is 0 Å². The number of nitrogens with one attached hydrogen (secondary N) is 1. The molecule has 34 heavy (non-hydrogen) atoms. The number of hydrogen-bond acceptors (Lipinski definition) is 5. The van der Waals surface area contributed by atoms with Gasteiger partial charge in [-0.1, -0.05) is 24.3 Å². The van der Waals surface area contributed by atoms with E-state index in [4.69, 9.17) is 0 Å². The van der Waals surface area contributed by atoms with E-state index in [2.05, 4.69) is 10.4 Å². The Bertz CT molecular complexity index is 1380. The second kappa shape index (κ2) is 9.19. The largest absolute Gasteiger partial charge is 0.322 e. The van der Waals surface area contributed by atoms with Gasteiger partial charge < -0.3 is 10.2 Å². The number of thiophene rings is 1. The number of anilines is 1. The Morgan fingerprint density at radius 1 is 1.15 bits per heavy atom. The number of nitrogens with zero attached hydrogens (tertiary/aromatic N) is 3. The molecule has 0 spiro atoms. The monoisotopic (exact) mass is 498 g/mol. The molecule has 10 heteroatoms. The van der Waals surface area contributed by atoms with E-state index in [-0.39, 0.29) is 17.4 Å². The van der Waals surface area contributed by atoms with Crippen LogP contribution >= 0.6 is 23.1 Å². The van der Waals surface area contributed by atoms with E-state index in [1.165, 1.54) is 52.3 Å². The number of hydrogen-bond donors (Lipinski definition) is 1. The SMILES string of the molecule is Cc1nn(Cc2ccc(F)cc2)c2sc(C(=O)N3CSCC3C(=O)Nc3ccccc3F)cc12. The summed E-state index contributed by atoms with van der Waals surface area (Å²) in [5.74, 6) is -0.662. The standard InChI is InChI=1S/C24H20F2N4O2S2/c1-14-17-10-21(34-24(17)30(28-14)11-15-6-8-16(25)9-7-15)23(32)29-13-33-12-20(29)22(31)27-19-5-3-2-4-18(19)26/h2-10,20H,11-13H2,1H3,(H,27,31). The molecular weight excluding hydrogens is 478 g/mol. The summed E-state index contributed by atoms with van der Waals surface area (Å²) >= 11 is 2.80. The second-order valence-electron chi connectivity index (χ2n) is 7.96. The Kier molecular flexibility index (Phi) is 6.09. The van der Waals surface area contributed by atoms with Gasteiger partial charge in [0, 0.05) is 11.1 Å². The lowest BCUT2D eigenvalue weighted by Gasteiger charge is -2.22. The number of carbonyl (C=O) groups excluding carboxylic acids is 2. The van der Waals surface area contributed by atoms with E-state index in [0.717, 1.165) is 21.5 Å². The Labute approximate surface area is 202 Å². The maximum atomic E-state index is 14.0. The minimum Gasteiger partial charge on any atom is -0.322 e. The molecule has 1 atom stereocenters. The Morgan fingerprint density at radius 2 is 1.91 bits per heavy atom. The third-order valence-corrected chi connectivity index (χ3v) is 7.79. The lowest BCUT2D eigenvalue weighted by molar-refractivity contribution is -0.119. The van der Waals surface area contributed by atoms with Crippen molar-refractivity contribution in [3.63, 3.8) is 0 Å². The molecule has 0 radical (unpaired) electrons. The zero-order chi connectivity index (χ0) is 23.8. The lowest BCUT2D eigenvalue weighted by atomic mass is 10.2. The van der Waals surface area contributed by atoms with Crippen molar-refractivity contribution in [1.82, 2.24) is 14.7 Å². The number of rotatable bonds is 5. The summed E-state index contributed by atoms with van der Waals surface area (Å²) in [5, 5.41) is 8.04. The fourth-order valence-corrected chi connectivity index (χ4v) is 6.14. The van der Waals surface area contributed by atoms with E-state index >= 15 is 0 Å². The molecule has 1 unspecified atom stereocenters. The maximum Gasteiger partial charge on any atom is 0.265 e. The summed E-state index contributed by atoms with van der Waals surface area (Å²) in [6, 6.07) is 13.3. The van der Waals surface area contributed by atoms with Crippen LogP contribution in [-0.4, -0.2) is 44.2 Å². The molecule has 1 N–H and O–H groups in total. The molecule has 0 saturated carbocycles. The van der Waals surface area contributed by atoms with Crippen molar-refractivity contribution >= 4 is 50.8 Å². The molecule has 2 amide bonds. The highest BCUT2D eigenvalue weighted by molar-refractivity contribution is 7.99. The number of thioether (sulfide) groups is 1.